The van der Waals surface area contributed by atoms with E-state index in [1.165, 1.54) is 0 Å². The third-order valence-electron chi connectivity index (χ3n) is 4.34. The minimum Gasteiger partial charge on any atom is -0.481 e. The quantitative estimate of drug-likeness (QED) is 0.917. The number of rotatable bonds is 3. The van der Waals surface area contributed by atoms with Gasteiger partial charge in [-0.1, -0.05) is 30.3 Å². The number of nitrogens with zero attached hydrogens (tertiary/aromatic N) is 1. The van der Waals surface area contributed by atoms with Crippen molar-refractivity contribution in [3.8, 4) is 0 Å². The molecule has 5 nitrogen and oxygen atoms in total. The summed E-state index contributed by atoms with van der Waals surface area (Å²) in [5.41, 5.74) is 0.766. The number of ether oxygens (including phenoxy) is 1. The molecule has 0 unspecified atom stereocenters. The number of likely N-dealkylation sites (tertiary alicyclic amines) is 1. The molecule has 1 spiro atoms. The Balaban J connectivity index is 1.51. The molecule has 2 aliphatic rings. The van der Waals surface area contributed by atoms with Gasteiger partial charge in [-0.2, -0.15) is 0 Å². The van der Waals surface area contributed by atoms with Gasteiger partial charge in [0.2, 0.25) is 0 Å². The third kappa shape index (κ3) is 2.35. The van der Waals surface area contributed by atoms with Crippen molar-refractivity contribution in [1.82, 2.24) is 4.90 Å². The van der Waals surface area contributed by atoms with Gasteiger partial charge in [0.05, 0.1) is 5.92 Å². The van der Waals surface area contributed by atoms with E-state index in [0.717, 1.165) is 12.0 Å². The maximum absolute atomic E-state index is 12.0. The van der Waals surface area contributed by atoms with Gasteiger partial charge in [0.1, 0.15) is 6.61 Å². The number of amides is 1. The Morgan fingerprint density at radius 3 is 2.75 bits per heavy atom. The highest BCUT2D eigenvalue weighted by Crippen LogP contribution is 2.58. The molecule has 1 N–H and O–H groups in total. The second-order valence-electron chi connectivity index (χ2n) is 5.67. The van der Waals surface area contributed by atoms with Crippen LogP contribution in [0.15, 0.2) is 30.3 Å². The first kappa shape index (κ1) is 13.0. The number of carboxylic acid groups (broad SMARTS) is 1. The molecule has 0 aromatic heterocycles. The Labute approximate surface area is 117 Å². The largest absolute Gasteiger partial charge is 0.481 e. The molecule has 0 bridgehead atoms. The molecule has 1 aromatic carbocycles. The molecule has 1 saturated carbocycles. The first-order valence-corrected chi connectivity index (χ1v) is 6.79. The summed E-state index contributed by atoms with van der Waals surface area (Å²) in [6, 6.07) is 9.51. The molecule has 1 aliphatic heterocycles. The third-order valence-corrected chi connectivity index (χ3v) is 4.34. The Hall–Kier alpha value is -2.04. The van der Waals surface area contributed by atoms with Crippen LogP contribution < -0.4 is 0 Å². The van der Waals surface area contributed by atoms with Crippen molar-refractivity contribution in [3.63, 3.8) is 0 Å². The molecule has 3 rings (SSSR count). The summed E-state index contributed by atoms with van der Waals surface area (Å²) in [5, 5.41) is 9.02. The first-order chi connectivity index (χ1) is 9.61. The molecule has 0 radical (unpaired) electrons. The van der Waals surface area contributed by atoms with Crippen LogP contribution in [0.3, 0.4) is 0 Å². The molecular weight excluding hydrogens is 258 g/mol. The molecule has 5 heteroatoms. The summed E-state index contributed by atoms with van der Waals surface area (Å²) < 4.78 is 5.27. The molecule has 2 atom stereocenters. The molecule has 1 aliphatic carbocycles. The fraction of sp³-hybridized carbons (Fsp3) is 0.467. The summed E-state index contributed by atoms with van der Waals surface area (Å²) >= 11 is 0. The smallest absolute Gasteiger partial charge is 0.410 e. The molecule has 106 valence electrons. The van der Waals surface area contributed by atoms with Gasteiger partial charge in [0.15, 0.2) is 0 Å². The SMILES string of the molecule is O=C(O)[C@H]1C[C@@]12CCN(C(=O)OCc1ccccc1)C2. The lowest BCUT2D eigenvalue weighted by atomic mass is 10.0. The Bertz CT molecular complexity index is 530. The zero-order valence-corrected chi connectivity index (χ0v) is 11.1. The summed E-state index contributed by atoms with van der Waals surface area (Å²) in [6.45, 7) is 1.36. The lowest BCUT2D eigenvalue weighted by Gasteiger charge is -2.16. The average Bonchev–Trinajstić information content (AvgIpc) is 2.99. The number of carbonyl (C=O) groups excluding carboxylic acids is 1. The number of benzene rings is 1. The number of hydrogen-bond donors (Lipinski definition) is 1. The van der Waals surface area contributed by atoms with Gasteiger partial charge in [-0.25, -0.2) is 4.79 Å². The maximum Gasteiger partial charge on any atom is 0.410 e. The number of aliphatic carboxylic acids is 1. The van der Waals surface area contributed by atoms with Gasteiger partial charge in [-0.15, -0.1) is 0 Å². The van der Waals surface area contributed by atoms with Crippen LogP contribution in [0.25, 0.3) is 0 Å². The highest BCUT2D eigenvalue weighted by Gasteiger charge is 2.61. The Morgan fingerprint density at radius 1 is 1.35 bits per heavy atom. The van der Waals surface area contributed by atoms with Crippen LogP contribution >= 0.6 is 0 Å². The van der Waals surface area contributed by atoms with Crippen molar-refractivity contribution in [2.24, 2.45) is 11.3 Å². The van der Waals surface area contributed by atoms with E-state index in [-0.39, 0.29) is 24.0 Å². The number of carbonyl (C=O) groups is 2. The number of hydrogen-bond acceptors (Lipinski definition) is 3. The van der Waals surface area contributed by atoms with Crippen molar-refractivity contribution < 1.29 is 19.4 Å². The maximum atomic E-state index is 12.0. The van der Waals surface area contributed by atoms with Gasteiger partial charge in [0.25, 0.3) is 0 Å². The van der Waals surface area contributed by atoms with Crippen LogP contribution in [0.5, 0.6) is 0 Å². The monoisotopic (exact) mass is 275 g/mol. The molecule has 1 saturated heterocycles. The lowest BCUT2D eigenvalue weighted by Crippen LogP contribution is -2.30. The van der Waals surface area contributed by atoms with E-state index < -0.39 is 5.97 Å². The second kappa shape index (κ2) is 4.81. The zero-order valence-electron chi connectivity index (χ0n) is 11.1. The van der Waals surface area contributed by atoms with E-state index in [0.29, 0.717) is 19.5 Å². The van der Waals surface area contributed by atoms with Crippen molar-refractivity contribution in [1.29, 1.82) is 0 Å². The van der Waals surface area contributed by atoms with Crippen LogP contribution in [-0.4, -0.2) is 35.2 Å². The van der Waals surface area contributed by atoms with Gasteiger partial charge in [-0.3, -0.25) is 4.79 Å². The van der Waals surface area contributed by atoms with Crippen molar-refractivity contribution in [2.75, 3.05) is 13.1 Å². The second-order valence-corrected chi connectivity index (χ2v) is 5.67. The van der Waals surface area contributed by atoms with Crippen LogP contribution in [0.4, 0.5) is 4.79 Å². The minimum atomic E-state index is -0.746. The standard InChI is InChI=1S/C15H17NO4/c17-13(18)12-8-15(12)6-7-16(10-15)14(19)20-9-11-4-2-1-3-5-11/h1-5,12H,6-10H2,(H,17,18)/t12-,15-/m1/s1. The van der Waals surface area contributed by atoms with Crippen LogP contribution in [0.2, 0.25) is 0 Å². The van der Waals surface area contributed by atoms with Crippen molar-refractivity contribution in [3.05, 3.63) is 35.9 Å². The van der Waals surface area contributed by atoms with Crippen molar-refractivity contribution >= 4 is 12.1 Å². The van der Waals surface area contributed by atoms with E-state index in [1.807, 2.05) is 30.3 Å². The highest BCUT2D eigenvalue weighted by molar-refractivity contribution is 5.76. The van der Waals surface area contributed by atoms with Crippen LogP contribution in [0, 0.1) is 11.3 Å². The fourth-order valence-corrected chi connectivity index (χ4v) is 3.01. The van der Waals surface area contributed by atoms with Gasteiger partial charge >= 0.3 is 12.1 Å². The fourth-order valence-electron chi connectivity index (χ4n) is 3.01. The molecular formula is C15H17NO4. The summed E-state index contributed by atoms with van der Waals surface area (Å²) in [6.07, 6.45) is 1.11. The molecule has 1 amide bonds. The Kier molecular flexibility index (Phi) is 3.12. The molecule has 1 heterocycles. The van der Waals surface area contributed by atoms with E-state index in [4.69, 9.17) is 9.84 Å². The van der Waals surface area contributed by atoms with Gasteiger partial charge in [0, 0.05) is 18.5 Å². The Morgan fingerprint density at radius 2 is 2.10 bits per heavy atom. The summed E-state index contributed by atoms with van der Waals surface area (Å²) in [5.74, 6) is -1.03. The summed E-state index contributed by atoms with van der Waals surface area (Å²) in [4.78, 5) is 24.6. The number of carboxylic acids is 1. The van der Waals surface area contributed by atoms with Crippen LogP contribution in [-0.2, 0) is 16.1 Å². The average molecular weight is 275 g/mol. The van der Waals surface area contributed by atoms with E-state index in [2.05, 4.69) is 0 Å². The van der Waals surface area contributed by atoms with Crippen molar-refractivity contribution in [2.45, 2.75) is 19.4 Å². The minimum absolute atomic E-state index is 0.183. The van der Waals surface area contributed by atoms with E-state index in [9.17, 15) is 9.59 Å². The zero-order chi connectivity index (χ0) is 14.2. The van der Waals surface area contributed by atoms with Gasteiger partial charge in [-0.05, 0) is 18.4 Å². The molecule has 1 aromatic rings. The topological polar surface area (TPSA) is 66.8 Å². The highest BCUT2D eigenvalue weighted by atomic mass is 16.6. The first-order valence-electron chi connectivity index (χ1n) is 6.79. The van der Waals surface area contributed by atoms with E-state index >= 15 is 0 Å². The van der Waals surface area contributed by atoms with Gasteiger partial charge < -0.3 is 14.7 Å². The normalized spacial score (nSPS) is 27.6. The van der Waals surface area contributed by atoms with Crippen LogP contribution in [0.1, 0.15) is 18.4 Å². The summed E-state index contributed by atoms with van der Waals surface area (Å²) in [7, 11) is 0. The predicted molar refractivity (Wildman–Crippen MR) is 71.0 cm³/mol. The molecule has 2 fully saturated rings. The van der Waals surface area contributed by atoms with E-state index in [1.54, 1.807) is 4.90 Å². The molecule has 20 heavy (non-hydrogen) atoms. The predicted octanol–water partition coefficient (Wildman–Crippen LogP) is 2.12. The lowest BCUT2D eigenvalue weighted by molar-refractivity contribution is -0.139.